The molecule has 5 rings (SSSR count). The first-order chi connectivity index (χ1) is 19.3. The van der Waals surface area contributed by atoms with Crippen molar-refractivity contribution in [1.29, 1.82) is 0 Å². The highest BCUT2D eigenvalue weighted by Gasteiger charge is 2.50. The first-order valence-electron chi connectivity index (χ1n) is 14.7. The van der Waals surface area contributed by atoms with Crippen LogP contribution < -0.4 is 38.9 Å². The maximum Gasteiger partial charge on any atom is 0.226 e. The van der Waals surface area contributed by atoms with Crippen molar-refractivity contribution < 1.29 is 29.5 Å². The van der Waals surface area contributed by atoms with E-state index >= 15 is 0 Å². The summed E-state index contributed by atoms with van der Waals surface area (Å²) in [6, 6.07) is 0.692. The number of ether oxygens (including phenoxy) is 3. The van der Waals surface area contributed by atoms with Crippen molar-refractivity contribution in [1.82, 2.24) is 20.9 Å². The Balaban J connectivity index is 1.19. The maximum absolute atomic E-state index is 12.9. The van der Waals surface area contributed by atoms with Gasteiger partial charge in [0.05, 0.1) is 55.5 Å². The van der Waals surface area contributed by atoms with Crippen LogP contribution in [0.4, 0.5) is 0 Å². The molecule has 7 unspecified atom stereocenters. The van der Waals surface area contributed by atoms with Gasteiger partial charge in [0.15, 0.2) is 17.8 Å². The Bertz CT molecular complexity index is 922. The molecule has 4 fully saturated rings. The van der Waals surface area contributed by atoms with Gasteiger partial charge >= 0.3 is 0 Å². The number of carbonyl (C=O) groups is 2. The zero-order valence-corrected chi connectivity index (χ0v) is 24.0. The number of quaternary nitrogens is 1. The average Bonchev–Trinajstić information content (AvgIpc) is 3.57. The van der Waals surface area contributed by atoms with Crippen molar-refractivity contribution in [3.63, 3.8) is 0 Å². The van der Waals surface area contributed by atoms with Crippen molar-refractivity contribution >= 4 is 23.5 Å². The van der Waals surface area contributed by atoms with Gasteiger partial charge in [-0.05, 0) is 30.9 Å². The first-order valence-corrected chi connectivity index (χ1v) is 15.7. The lowest BCUT2D eigenvalue weighted by Crippen LogP contribution is -2.71. The Labute approximate surface area is 240 Å². The van der Waals surface area contributed by atoms with E-state index in [4.69, 9.17) is 31.4 Å². The summed E-state index contributed by atoms with van der Waals surface area (Å²) in [6.45, 7) is 3.62. The summed E-state index contributed by atoms with van der Waals surface area (Å²) < 4.78 is 17.8. The molecule has 0 spiro atoms. The average molecular weight is 584 g/mol. The van der Waals surface area contributed by atoms with E-state index in [1.165, 1.54) is 12.8 Å². The fourth-order valence-electron chi connectivity index (χ4n) is 6.66. The van der Waals surface area contributed by atoms with Crippen LogP contribution in [0.25, 0.3) is 0 Å². The van der Waals surface area contributed by atoms with Crippen LogP contribution >= 0.6 is 11.8 Å². The number of primary amides is 1. The molecule has 13 nitrogen and oxygen atoms in total. The van der Waals surface area contributed by atoms with Gasteiger partial charge in [-0.2, -0.15) is 0 Å². The minimum atomic E-state index is -0.906. The second kappa shape index (κ2) is 13.7. The molecule has 4 aliphatic heterocycles. The van der Waals surface area contributed by atoms with Crippen LogP contribution in [0, 0.1) is 17.8 Å². The number of nitrogens with zero attached hydrogens (tertiary/aromatic N) is 1. The van der Waals surface area contributed by atoms with Crippen LogP contribution in [0.3, 0.4) is 0 Å². The van der Waals surface area contributed by atoms with Gasteiger partial charge in [-0.15, -0.1) is 11.8 Å². The van der Waals surface area contributed by atoms with Gasteiger partial charge in [-0.25, -0.2) is 0 Å². The zero-order chi connectivity index (χ0) is 28.2. The Morgan fingerprint density at radius 3 is 2.73 bits per heavy atom. The van der Waals surface area contributed by atoms with Crippen LogP contribution in [0.2, 0.25) is 0 Å². The Kier molecular flexibility index (Phi) is 10.2. The van der Waals surface area contributed by atoms with Crippen LogP contribution in [-0.2, 0) is 23.8 Å². The van der Waals surface area contributed by atoms with E-state index in [0.29, 0.717) is 57.5 Å². The summed E-state index contributed by atoms with van der Waals surface area (Å²) in [6.07, 6.45) is 4.75. The summed E-state index contributed by atoms with van der Waals surface area (Å²) in [5.41, 5.74) is 22.1. The molecular formula is C26H47N8O5S+. The van der Waals surface area contributed by atoms with Crippen LogP contribution in [0.5, 0.6) is 0 Å². The lowest BCUT2D eigenvalue weighted by molar-refractivity contribution is -0.431. The number of nitrogens with two attached hydrogens (primary N) is 3. The SMILES string of the molecule is NC(=O)C(C(N)N)C(NCN[C@H]1CCCC[C@H]1[NH3+])NC1CC(C2COC3C(=O)C=C(N4CCOCC4)OC32)CS1. The smallest absolute Gasteiger partial charge is 0.226 e. The number of nitrogens with one attached hydrogen (secondary N) is 3. The normalized spacial score (nSPS) is 36.2. The minimum Gasteiger partial charge on any atom is -0.472 e. The molecule has 0 aromatic rings. The molecule has 4 heterocycles. The Morgan fingerprint density at radius 2 is 2.00 bits per heavy atom. The lowest BCUT2D eigenvalue weighted by atomic mass is 9.85. The lowest BCUT2D eigenvalue weighted by Gasteiger charge is -2.37. The number of carbonyl (C=O) groups excluding carboxylic acids is 2. The zero-order valence-electron chi connectivity index (χ0n) is 23.2. The number of hydrogen-bond donors (Lipinski definition) is 7. The molecule has 9 atom stereocenters. The number of thioether (sulfide) groups is 1. The molecular weight excluding hydrogens is 536 g/mol. The third-order valence-electron chi connectivity index (χ3n) is 9.01. The third kappa shape index (κ3) is 6.93. The molecule has 0 aromatic heterocycles. The van der Waals surface area contributed by atoms with Crippen molar-refractivity contribution in [2.45, 2.75) is 74.1 Å². The number of ketones is 1. The second-order valence-corrected chi connectivity index (χ2v) is 12.9. The van der Waals surface area contributed by atoms with Gasteiger partial charge in [0.1, 0.15) is 6.10 Å². The molecule has 5 aliphatic rings. The van der Waals surface area contributed by atoms with Crippen molar-refractivity contribution in [3.05, 3.63) is 12.0 Å². The Morgan fingerprint density at radius 1 is 1.23 bits per heavy atom. The van der Waals surface area contributed by atoms with E-state index in [-0.39, 0.29) is 29.1 Å². The van der Waals surface area contributed by atoms with E-state index in [0.717, 1.165) is 25.0 Å². The minimum absolute atomic E-state index is 0.0268. The predicted molar refractivity (Wildman–Crippen MR) is 150 cm³/mol. The molecule has 1 amide bonds. The summed E-state index contributed by atoms with van der Waals surface area (Å²) in [5.74, 6) is 0.525. The highest BCUT2D eigenvalue weighted by Crippen LogP contribution is 2.42. The van der Waals surface area contributed by atoms with E-state index in [2.05, 4.69) is 26.6 Å². The molecule has 1 saturated carbocycles. The van der Waals surface area contributed by atoms with Crippen LogP contribution in [0.15, 0.2) is 12.0 Å². The molecule has 226 valence electrons. The Hall–Kier alpha value is -1.49. The number of fused-ring (bicyclic) bond motifs is 1. The summed E-state index contributed by atoms with van der Waals surface area (Å²) in [7, 11) is 0. The van der Waals surface area contributed by atoms with E-state index in [9.17, 15) is 9.59 Å². The van der Waals surface area contributed by atoms with Gasteiger partial charge in [-0.3, -0.25) is 25.5 Å². The fraction of sp³-hybridized carbons (Fsp3) is 0.846. The van der Waals surface area contributed by atoms with Crippen LogP contribution in [-0.4, -0.2) is 104 Å². The quantitative estimate of drug-likeness (QED) is 0.123. The van der Waals surface area contributed by atoms with Gasteiger partial charge in [-0.1, -0.05) is 6.42 Å². The maximum atomic E-state index is 12.9. The van der Waals surface area contributed by atoms with E-state index < -0.39 is 30.3 Å². The second-order valence-electron chi connectivity index (χ2n) is 11.7. The molecule has 14 heteroatoms. The molecule has 0 radical (unpaired) electrons. The van der Waals surface area contributed by atoms with Gasteiger partial charge in [0, 0.05) is 38.2 Å². The monoisotopic (exact) mass is 583 g/mol. The largest absolute Gasteiger partial charge is 0.472 e. The highest BCUT2D eigenvalue weighted by molar-refractivity contribution is 8.00. The van der Waals surface area contributed by atoms with Gasteiger partial charge < -0.3 is 42.0 Å². The molecule has 12 N–H and O–H groups in total. The fourth-order valence-corrected chi connectivity index (χ4v) is 8.15. The molecule has 40 heavy (non-hydrogen) atoms. The highest BCUT2D eigenvalue weighted by atomic mass is 32.2. The molecule has 0 bridgehead atoms. The topological polar surface area (TPSA) is 207 Å². The standard InChI is InChI=1S/C26H46N8O5S/c27-16-3-1-2-4-17(16)31-13-32-26(21(24(28)29)25(30)36)33-19-9-14(12-40-19)15-11-38-23-18(35)10-20(39-22(15)23)34-5-7-37-8-6-34/h10,14-17,19,21-24,26,31-33H,1-9,11-13,27-29H2,(H2,30,36)/p+1/t14?,15?,16-,17+,19?,21?,22?,23?,26?/m1/s1. The van der Waals surface area contributed by atoms with Gasteiger partial charge in [0.25, 0.3) is 0 Å². The van der Waals surface area contributed by atoms with E-state index in [1.807, 2.05) is 0 Å². The number of amides is 1. The van der Waals surface area contributed by atoms with Crippen molar-refractivity contribution in [2.24, 2.45) is 35.0 Å². The first kappa shape index (κ1) is 30.0. The number of rotatable bonds is 11. The van der Waals surface area contributed by atoms with E-state index in [1.54, 1.807) is 17.8 Å². The molecule has 3 saturated heterocycles. The number of hydrogen-bond acceptors (Lipinski definition) is 12. The number of morpholine rings is 1. The van der Waals surface area contributed by atoms with Gasteiger partial charge in [0.2, 0.25) is 5.91 Å². The van der Waals surface area contributed by atoms with Crippen molar-refractivity contribution in [2.75, 3.05) is 45.3 Å². The van der Waals surface area contributed by atoms with Crippen molar-refractivity contribution in [3.8, 4) is 0 Å². The van der Waals surface area contributed by atoms with Crippen LogP contribution in [0.1, 0.15) is 32.1 Å². The third-order valence-corrected chi connectivity index (χ3v) is 10.4. The molecule has 0 aromatic carbocycles. The summed E-state index contributed by atoms with van der Waals surface area (Å²) in [5, 5.41) is 10.6. The molecule has 1 aliphatic carbocycles. The predicted octanol–water partition coefficient (Wildman–Crippen LogP) is -2.83. The summed E-state index contributed by atoms with van der Waals surface area (Å²) in [4.78, 5) is 27.3. The summed E-state index contributed by atoms with van der Waals surface area (Å²) >= 11 is 1.78.